The highest BCUT2D eigenvalue weighted by Gasteiger charge is 2.17. The van der Waals surface area contributed by atoms with Gasteiger partial charge in [-0.15, -0.1) is 11.8 Å². The van der Waals surface area contributed by atoms with E-state index in [4.69, 9.17) is 5.11 Å². The second-order valence-electron chi connectivity index (χ2n) is 4.99. The number of carboxylic acid groups (broad SMARTS) is 1. The molecule has 1 N–H and O–H groups in total. The van der Waals surface area contributed by atoms with Crippen molar-refractivity contribution in [2.45, 2.75) is 19.6 Å². The van der Waals surface area contributed by atoms with Gasteiger partial charge in [-0.1, -0.05) is 36.8 Å². The molecular formula is C15H21NO3S. The van der Waals surface area contributed by atoms with Gasteiger partial charge in [0.25, 0.3) is 0 Å². The predicted molar refractivity (Wildman–Crippen MR) is 81.8 cm³/mol. The monoisotopic (exact) mass is 295 g/mol. The Bertz CT molecular complexity index is 459. The normalized spacial score (nSPS) is 11.9. The molecule has 110 valence electrons. The second kappa shape index (κ2) is 7.94. The van der Waals surface area contributed by atoms with Gasteiger partial charge < -0.3 is 10.0 Å². The molecule has 0 saturated heterocycles. The lowest BCUT2D eigenvalue weighted by atomic mass is 10.2. The summed E-state index contributed by atoms with van der Waals surface area (Å²) in [5.74, 6) is -0.288. The Kier molecular flexibility index (Phi) is 6.58. The van der Waals surface area contributed by atoms with Crippen molar-refractivity contribution in [1.29, 1.82) is 0 Å². The quantitative estimate of drug-likeness (QED) is 0.839. The van der Waals surface area contributed by atoms with Crippen molar-refractivity contribution in [3.8, 4) is 0 Å². The standard InChI is InChI=1S/C15H21NO3S/c1-11-4-6-13(7-5-11)9-20-10-14(17)16(3)8-12(2)15(18)19/h4-7,12H,8-10H2,1-3H3,(H,18,19). The third kappa shape index (κ3) is 5.65. The van der Waals surface area contributed by atoms with Gasteiger partial charge in [-0.05, 0) is 12.5 Å². The summed E-state index contributed by atoms with van der Waals surface area (Å²) in [5, 5.41) is 8.82. The van der Waals surface area contributed by atoms with Crippen LogP contribution in [0.1, 0.15) is 18.1 Å². The summed E-state index contributed by atoms with van der Waals surface area (Å²) >= 11 is 1.55. The van der Waals surface area contributed by atoms with Crippen molar-refractivity contribution in [3.05, 3.63) is 35.4 Å². The molecule has 4 nitrogen and oxygen atoms in total. The van der Waals surface area contributed by atoms with E-state index in [2.05, 4.69) is 24.3 Å². The number of hydrogen-bond acceptors (Lipinski definition) is 3. The van der Waals surface area contributed by atoms with E-state index in [0.29, 0.717) is 5.75 Å². The molecule has 1 unspecified atom stereocenters. The molecule has 1 atom stereocenters. The predicted octanol–water partition coefficient (Wildman–Crippen LogP) is 2.41. The zero-order valence-corrected chi connectivity index (χ0v) is 12.9. The number of carboxylic acids is 1. The number of nitrogens with zero attached hydrogens (tertiary/aromatic N) is 1. The average Bonchev–Trinajstić information content (AvgIpc) is 2.40. The molecule has 20 heavy (non-hydrogen) atoms. The summed E-state index contributed by atoms with van der Waals surface area (Å²) in [7, 11) is 1.65. The molecule has 0 radical (unpaired) electrons. The van der Waals surface area contributed by atoms with E-state index in [1.165, 1.54) is 16.0 Å². The van der Waals surface area contributed by atoms with Gasteiger partial charge in [0.15, 0.2) is 0 Å². The van der Waals surface area contributed by atoms with Crippen molar-refractivity contribution in [3.63, 3.8) is 0 Å². The number of amides is 1. The maximum Gasteiger partial charge on any atom is 0.308 e. The number of hydrogen-bond donors (Lipinski definition) is 1. The van der Waals surface area contributed by atoms with Crippen LogP contribution in [0.25, 0.3) is 0 Å². The van der Waals surface area contributed by atoms with Gasteiger partial charge in [0.2, 0.25) is 5.91 Å². The fraction of sp³-hybridized carbons (Fsp3) is 0.467. The lowest BCUT2D eigenvalue weighted by molar-refractivity contribution is -0.142. The second-order valence-corrected chi connectivity index (χ2v) is 5.98. The van der Waals surface area contributed by atoms with Gasteiger partial charge in [-0.25, -0.2) is 0 Å². The molecule has 1 amide bonds. The molecule has 1 aromatic carbocycles. The Morgan fingerprint density at radius 3 is 2.45 bits per heavy atom. The van der Waals surface area contributed by atoms with E-state index in [9.17, 15) is 9.59 Å². The van der Waals surface area contributed by atoms with Crippen molar-refractivity contribution >= 4 is 23.6 Å². The molecule has 0 aliphatic heterocycles. The van der Waals surface area contributed by atoms with E-state index < -0.39 is 11.9 Å². The van der Waals surface area contributed by atoms with Crippen LogP contribution < -0.4 is 0 Å². The summed E-state index contributed by atoms with van der Waals surface area (Å²) in [6.07, 6.45) is 0. The first-order chi connectivity index (χ1) is 9.40. The SMILES string of the molecule is Cc1ccc(CSCC(=O)N(C)CC(C)C(=O)O)cc1. The Morgan fingerprint density at radius 1 is 1.30 bits per heavy atom. The molecule has 5 heteroatoms. The van der Waals surface area contributed by atoms with E-state index in [1.54, 1.807) is 25.7 Å². The molecule has 0 fully saturated rings. The molecule has 1 rings (SSSR count). The Balaban J connectivity index is 2.32. The van der Waals surface area contributed by atoms with Gasteiger partial charge in [-0.3, -0.25) is 9.59 Å². The van der Waals surface area contributed by atoms with Gasteiger partial charge in [0.05, 0.1) is 11.7 Å². The molecule has 0 aliphatic carbocycles. The number of aliphatic carboxylic acids is 1. The summed E-state index contributed by atoms with van der Waals surface area (Å²) in [6.45, 7) is 3.89. The van der Waals surface area contributed by atoms with Gasteiger partial charge in [0.1, 0.15) is 0 Å². The van der Waals surface area contributed by atoms with Crippen LogP contribution in [0.2, 0.25) is 0 Å². The third-order valence-electron chi connectivity index (χ3n) is 3.01. The van der Waals surface area contributed by atoms with E-state index >= 15 is 0 Å². The van der Waals surface area contributed by atoms with Crippen molar-refractivity contribution < 1.29 is 14.7 Å². The smallest absolute Gasteiger partial charge is 0.308 e. The van der Waals surface area contributed by atoms with Crippen molar-refractivity contribution in [2.24, 2.45) is 5.92 Å². The largest absolute Gasteiger partial charge is 0.481 e. The lowest BCUT2D eigenvalue weighted by Crippen LogP contribution is -2.34. The zero-order chi connectivity index (χ0) is 15.1. The van der Waals surface area contributed by atoms with Crippen LogP contribution in [-0.4, -0.2) is 41.2 Å². The molecule has 0 aliphatic rings. The molecule has 0 saturated carbocycles. The molecular weight excluding hydrogens is 274 g/mol. The summed E-state index contributed by atoms with van der Waals surface area (Å²) in [4.78, 5) is 24.1. The van der Waals surface area contributed by atoms with Crippen molar-refractivity contribution in [2.75, 3.05) is 19.3 Å². The third-order valence-corrected chi connectivity index (χ3v) is 4.00. The van der Waals surface area contributed by atoms with Crippen molar-refractivity contribution in [1.82, 2.24) is 4.90 Å². The average molecular weight is 295 g/mol. The summed E-state index contributed by atoms with van der Waals surface area (Å²) < 4.78 is 0. The lowest BCUT2D eigenvalue weighted by Gasteiger charge is -2.19. The number of benzene rings is 1. The summed E-state index contributed by atoms with van der Waals surface area (Å²) in [5.41, 5.74) is 2.41. The van der Waals surface area contributed by atoms with Gasteiger partial charge in [-0.2, -0.15) is 0 Å². The van der Waals surface area contributed by atoms with Gasteiger partial charge >= 0.3 is 5.97 Å². The van der Waals surface area contributed by atoms with E-state index in [1.807, 2.05) is 6.92 Å². The maximum atomic E-state index is 11.9. The Hall–Kier alpha value is -1.49. The first-order valence-corrected chi connectivity index (χ1v) is 7.65. The molecule has 1 aromatic rings. The van der Waals surface area contributed by atoms with Gasteiger partial charge in [0, 0.05) is 19.3 Å². The van der Waals surface area contributed by atoms with Crippen LogP contribution in [0.15, 0.2) is 24.3 Å². The highest BCUT2D eigenvalue weighted by Crippen LogP contribution is 2.13. The number of carbonyl (C=O) groups excluding carboxylic acids is 1. The first-order valence-electron chi connectivity index (χ1n) is 6.50. The number of aryl methyl sites for hydroxylation is 1. The van der Waals surface area contributed by atoms with E-state index in [-0.39, 0.29) is 12.5 Å². The maximum absolute atomic E-state index is 11.9. The van der Waals surface area contributed by atoms with Crippen LogP contribution in [0.3, 0.4) is 0 Å². The number of thioether (sulfide) groups is 1. The fourth-order valence-corrected chi connectivity index (χ4v) is 2.57. The topological polar surface area (TPSA) is 57.6 Å². The van der Waals surface area contributed by atoms with Crippen LogP contribution >= 0.6 is 11.8 Å². The molecule has 0 heterocycles. The fourth-order valence-electron chi connectivity index (χ4n) is 1.64. The van der Waals surface area contributed by atoms with Crippen LogP contribution in [0.4, 0.5) is 0 Å². The van der Waals surface area contributed by atoms with E-state index in [0.717, 1.165) is 5.75 Å². The van der Waals surface area contributed by atoms with Crippen LogP contribution in [0.5, 0.6) is 0 Å². The Labute approximate surface area is 124 Å². The highest BCUT2D eigenvalue weighted by atomic mass is 32.2. The zero-order valence-electron chi connectivity index (χ0n) is 12.1. The Morgan fingerprint density at radius 2 is 1.90 bits per heavy atom. The number of rotatable bonds is 7. The van der Waals surface area contributed by atoms with Crippen LogP contribution in [-0.2, 0) is 15.3 Å². The minimum Gasteiger partial charge on any atom is -0.481 e. The summed E-state index contributed by atoms with van der Waals surface area (Å²) in [6, 6.07) is 8.23. The molecule has 0 aromatic heterocycles. The number of carbonyl (C=O) groups is 2. The first kappa shape index (κ1) is 16.6. The molecule has 0 spiro atoms. The minimum atomic E-state index is -0.878. The van der Waals surface area contributed by atoms with Crippen LogP contribution in [0, 0.1) is 12.8 Å². The minimum absolute atomic E-state index is 0.0322. The highest BCUT2D eigenvalue weighted by molar-refractivity contribution is 7.99. The molecule has 0 bridgehead atoms.